The molecule has 0 aliphatic carbocycles. The summed E-state index contributed by atoms with van der Waals surface area (Å²) in [4.78, 5) is 12.5. The molecule has 7 heteroatoms. The van der Waals surface area contributed by atoms with E-state index < -0.39 is 0 Å². The molecule has 5 aromatic rings. The average Bonchev–Trinajstić information content (AvgIpc) is 3.43. The number of H-pyrrole nitrogens is 2. The Bertz CT molecular complexity index is 1400. The van der Waals surface area contributed by atoms with Crippen molar-refractivity contribution in [2.45, 2.75) is 18.8 Å². The second-order valence-electron chi connectivity index (χ2n) is 8.09. The number of pyridine rings is 2. The normalized spacial score (nSPS) is 15.1. The second kappa shape index (κ2) is 7.28. The Morgan fingerprint density at radius 3 is 2.71 bits per heavy atom. The summed E-state index contributed by atoms with van der Waals surface area (Å²) < 4.78 is 13.8. The van der Waals surface area contributed by atoms with Crippen LogP contribution in [-0.4, -0.2) is 38.2 Å². The lowest BCUT2D eigenvalue weighted by Crippen LogP contribution is -2.27. The number of piperidine rings is 1. The average molecular weight is 412 g/mol. The number of benzene rings is 1. The van der Waals surface area contributed by atoms with Crippen molar-refractivity contribution in [2.24, 2.45) is 0 Å². The van der Waals surface area contributed by atoms with Gasteiger partial charge in [-0.1, -0.05) is 12.1 Å². The Balaban J connectivity index is 1.47. The molecule has 1 aliphatic rings. The first-order chi connectivity index (χ1) is 15.3. The summed E-state index contributed by atoms with van der Waals surface area (Å²) in [5.74, 6) is 0.210. The lowest BCUT2D eigenvalue weighted by Gasteiger charge is -2.22. The molecule has 1 aromatic carbocycles. The highest BCUT2D eigenvalue weighted by Crippen LogP contribution is 2.34. The Morgan fingerprint density at radius 1 is 0.935 bits per heavy atom. The van der Waals surface area contributed by atoms with Crippen LogP contribution >= 0.6 is 0 Å². The molecule has 0 saturated carbocycles. The van der Waals surface area contributed by atoms with Crippen molar-refractivity contribution in [2.75, 3.05) is 13.1 Å². The van der Waals surface area contributed by atoms with Gasteiger partial charge in [0.1, 0.15) is 11.5 Å². The topological polar surface area (TPSA) is 82.3 Å². The molecule has 0 unspecified atom stereocenters. The van der Waals surface area contributed by atoms with Crippen molar-refractivity contribution in [3.63, 3.8) is 0 Å². The minimum atomic E-state index is -0.263. The summed E-state index contributed by atoms with van der Waals surface area (Å²) in [6.45, 7) is 2.06. The number of hydrogen-bond acceptors (Lipinski definition) is 4. The third-order valence-electron chi connectivity index (χ3n) is 6.16. The summed E-state index contributed by atoms with van der Waals surface area (Å²) in [5.41, 5.74) is 6.36. The number of halogens is 1. The summed E-state index contributed by atoms with van der Waals surface area (Å²) in [7, 11) is 0. The van der Waals surface area contributed by atoms with Crippen molar-refractivity contribution in [1.82, 2.24) is 30.5 Å². The summed E-state index contributed by atoms with van der Waals surface area (Å²) in [6, 6.07) is 10.8. The summed E-state index contributed by atoms with van der Waals surface area (Å²) >= 11 is 0. The van der Waals surface area contributed by atoms with Crippen molar-refractivity contribution in [3.05, 3.63) is 66.5 Å². The van der Waals surface area contributed by atoms with Gasteiger partial charge in [0.2, 0.25) is 0 Å². The zero-order chi connectivity index (χ0) is 20.8. The number of hydrogen-bond donors (Lipinski definition) is 3. The zero-order valence-corrected chi connectivity index (χ0v) is 16.8. The Labute approximate surface area is 177 Å². The molecule has 6 nitrogen and oxygen atoms in total. The third-order valence-corrected chi connectivity index (χ3v) is 6.16. The fourth-order valence-electron chi connectivity index (χ4n) is 4.54. The van der Waals surface area contributed by atoms with Crippen LogP contribution in [0.2, 0.25) is 0 Å². The van der Waals surface area contributed by atoms with Crippen LogP contribution in [0.1, 0.15) is 24.5 Å². The number of nitrogens with zero attached hydrogens (tertiary/aromatic N) is 3. The standard InChI is InChI=1S/C24H21FN6/c25-16-3-1-2-15(8-16)19-11-27-12-22-17(19)9-21(29-22)24-18-10-20(14-4-6-26-7-5-14)28-13-23(18)30-31-24/h1-3,8-14,26,29H,4-7H2,(H,30,31). The van der Waals surface area contributed by atoms with Crippen LogP contribution in [0.5, 0.6) is 0 Å². The molecule has 0 atom stereocenters. The van der Waals surface area contributed by atoms with E-state index in [1.807, 2.05) is 12.3 Å². The van der Waals surface area contributed by atoms with Gasteiger partial charge in [0.05, 0.1) is 29.1 Å². The second-order valence-corrected chi connectivity index (χ2v) is 8.09. The van der Waals surface area contributed by atoms with Crippen LogP contribution in [0.25, 0.3) is 44.3 Å². The molecule has 1 fully saturated rings. The molecule has 3 N–H and O–H groups in total. The zero-order valence-electron chi connectivity index (χ0n) is 16.8. The highest BCUT2D eigenvalue weighted by atomic mass is 19.1. The molecule has 0 bridgehead atoms. The van der Waals surface area contributed by atoms with Gasteiger partial charge in [-0.05, 0) is 55.8 Å². The van der Waals surface area contributed by atoms with Gasteiger partial charge in [-0.2, -0.15) is 5.10 Å². The molecule has 6 rings (SSSR count). The summed E-state index contributed by atoms with van der Waals surface area (Å²) in [6.07, 6.45) is 7.64. The predicted molar refractivity (Wildman–Crippen MR) is 119 cm³/mol. The number of aromatic amines is 2. The van der Waals surface area contributed by atoms with E-state index in [1.165, 1.54) is 12.1 Å². The molecule has 154 valence electrons. The number of rotatable bonds is 3. The summed E-state index contributed by atoms with van der Waals surface area (Å²) in [5, 5.41) is 13.1. The lowest BCUT2D eigenvalue weighted by molar-refractivity contribution is 0.453. The van der Waals surface area contributed by atoms with Crippen LogP contribution in [0.15, 0.2) is 55.0 Å². The molecular weight excluding hydrogens is 391 g/mol. The van der Waals surface area contributed by atoms with Crippen LogP contribution in [0.4, 0.5) is 4.39 Å². The molecule has 4 aromatic heterocycles. The molecule has 0 amide bonds. The van der Waals surface area contributed by atoms with Gasteiger partial charge in [-0.15, -0.1) is 0 Å². The minimum Gasteiger partial charge on any atom is -0.352 e. The Hall–Kier alpha value is -3.58. The Morgan fingerprint density at radius 2 is 1.84 bits per heavy atom. The number of nitrogens with one attached hydrogen (secondary N) is 3. The monoisotopic (exact) mass is 412 g/mol. The van der Waals surface area contributed by atoms with E-state index in [1.54, 1.807) is 18.5 Å². The molecule has 1 aliphatic heterocycles. The minimum absolute atomic E-state index is 0.263. The largest absolute Gasteiger partial charge is 0.352 e. The third kappa shape index (κ3) is 3.18. The molecule has 0 spiro atoms. The van der Waals surface area contributed by atoms with Gasteiger partial charge < -0.3 is 10.3 Å². The number of aromatic nitrogens is 5. The van der Waals surface area contributed by atoms with Gasteiger partial charge >= 0.3 is 0 Å². The van der Waals surface area contributed by atoms with E-state index in [2.05, 4.69) is 42.6 Å². The first-order valence-electron chi connectivity index (χ1n) is 10.5. The molecular formula is C24H21FN6. The van der Waals surface area contributed by atoms with Crippen molar-refractivity contribution in [3.8, 4) is 22.5 Å². The quantitative estimate of drug-likeness (QED) is 0.399. The fourth-order valence-corrected chi connectivity index (χ4v) is 4.54. The van der Waals surface area contributed by atoms with Crippen LogP contribution in [-0.2, 0) is 0 Å². The first-order valence-corrected chi connectivity index (χ1v) is 10.5. The van der Waals surface area contributed by atoms with E-state index in [0.717, 1.165) is 75.9 Å². The highest BCUT2D eigenvalue weighted by Gasteiger charge is 2.19. The molecule has 0 radical (unpaired) electrons. The van der Waals surface area contributed by atoms with Crippen molar-refractivity contribution in [1.29, 1.82) is 0 Å². The lowest BCUT2D eigenvalue weighted by atomic mass is 9.93. The van der Waals surface area contributed by atoms with Gasteiger partial charge in [-0.3, -0.25) is 15.1 Å². The number of fused-ring (bicyclic) bond motifs is 2. The first kappa shape index (κ1) is 18.2. The maximum Gasteiger partial charge on any atom is 0.123 e. The SMILES string of the molecule is Fc1cccc(-c2cncc3[nH]c(-c4n[nH]c5cnc(C6CCNCC6)cc45)cc23)c1. The van der Waals surface area contributed by atoms with Crippen LogP contribution in [0, 0.1) is 5.82 Å². The highest BCUT2D eigenvalue weighted by molar-refractivity contribution is 6.00. The van der Waals surface area contributed by atoms with Gasteiger partial charge in [-0.25, -0.2) is 4.39 Å². The Kier molecular flexibility index (Phi) is 4.28. The van der Waals surface area contributed by atoms with E-state index in [0.29, 0.717) is 5.92 Å². The van der Waals surface area contributed by atoms with E-state index in [4.69, 9.17) is 0 Å². The fraction of sp³-hybridized carbons (Fsp3) is 0.208. The predicted octanol–water partition coefficient (Wildman–Crippen LogP) is 4.77. The molecule has 5 heterocycles. The van der Waals surface area contributed by atoms with Gasteiger partial charge in [0, 0.05) is 34.1 Å². The van der Waals surface area contributed by atoms with Crippen molar-refractivity contribution >= 4 is 21.8 Å². The molecule has 31 heavy (non-hydrogen) atoms. The van der Waals surface area contributed by atoms with E-state index in [-0.39, 0.29) is 5.82 Å². The van der Waals surface area contributed by atoms with Crippen LogP contribution in [0.3, 0.4) is 0 Å². The maximum atomic E-state index is 13.8. The van der Waals surface area contributed by atoms with Crippen molar-refractivity contribution < 1.29 is 4.39 Å². The van der Waals surface area contributed by atoms with Gasteiger partial charge in [0.15, 0.2) is 0 Å². The van der Waals surface area contributed by atoms with E-state index >= 15 is 0 Å². The smallest absolute Gasteiger partial charge is 0.123 e. The van der Waals surface area contributed by atoms with E-state index in [9.17, 15) is 4.39 Å². The van der Waals surface area contributed by atoms with Gasteiger partial charge in [0.25, 0.3) is 0 Å². The molecule has 1 saturated heterocycles. The maximum absolute atomic E-state index is 13.8. The van der Waals surface area contributed by atoms with Crippen LogP contribution < -0.4 is 5.32 Å².